The van der Waals surface area contributed by atoms with Gasteiger partial charge in [0.1, 0.15) is 0 Å². The molecule has 1 heterocycles. The number of nitrogens with zero attached hydrogens (tertiary/aromatic N) is 1. The molecule has 1 aliphatic heterocycles. The Morgan fingerprint density at radius 1 is 1.27 bits per heavy atom. The molecule has 1 aliphatic carbocycles. The van der Waals surface area contributed by atoms with Gasteiger partial charge in [0.25, 0.3) is 0 Å². The van der Waals surface area contributed by atoms with Crippen LogP contribution in [-0.2, 0) is 0 Å². The van der Waals surface area contributed by atoms with Gasteiger partial charge in [-0.25, -0.2) is 0 Å². The SMILES string of the molecule is CN1CCCC(C(CCCO)C2CC2)C1. The summed E-state index contributed by atoms with van der Waals surface area (Å²) in [6.07, 6.45) is 7.99. The fourth-order valence-electron chi connectivity index (χ4n) is 3.26. The molecule has 2 rings (SSSR count). The van der Waals surface area contributed by atoms with Gasteiger partial charge >= 0.3 is 0 Å². The summed E-state index contributed by atoms with van der Waals surface area (Å²) < 4.78 is 0. The van der Waals surface area contributed by atoms with Crippen molar-refractivity contribution in [3.63, 3.8) is 0 Å². The minimum Gasteiger partial charge on any atom is -0.396 e. The van der Waals surface area contributed by atoms with Crippen molar-refractivity contribution >= 4 is 0 Å². The first-order valence-electron chi connectivity index (χ1n) is 6.60. The van der Waals surface area contributed by atoms with Crippen LogP contribution in [0.3, 0.4) is 0 Å². The first kappa shape index (κ1) is 11.4. The molecule has 0 aromatic heterocycles. The Kier molecular flexibility index (Phi) is 4.04. The number of likely N-dealkylation sites (tertiary alicyclic amines) is 1. The Morgan fingerprint density at radius 2 is 2.07 bits per heavy atom. The van der Waals surface area contributed by atoms with Crippen molar-refractivity contribution in [1.29, 1.82) is 0 Å². The Balaban J connectivity index is 1.85. The van der Waals surface area contributed by atoms with Gasteiger partial charge in [0.05, 0.1) is 0 Å². The van der Waals surface area contributed by atoms with Crippen LogP contribution in [0, 0.1) is 17.8 Å². The van der Waals surface area contributed by atoms with E-state index in [1.54, 1.807) is 0 Å². The molecule has 1 saturated heterocycles. The van der Waals surface area contributed by atoms with Crippen molar-refractivity contribution < 1.29 is 5.11 Å². The average Bonchev–Trinajstić information content (AvgIpc) is 3.03. The van der Waals surface area contributed by atoms with Crippen LogP contribution in [0.5, 0.6) is 0 Å². The summed E-state index contributed by atoms with van der Waals surface area (Å²) in [6, 6.07) is 0. The first-order valence-corrected chi connectivity index (χ1v) is 6.60. The van der Waals surface area contributed by atoms with E-state index in [-0.39, 0.29) is 0 Å². The largest absolute Gasteiger partial charge is 0.396 e. The van der Waals surface area contributed by atoms with Crippen LogP contribution in [0.2, 0.25) is 0 Å². The smallest absolute Gasteiger partial charge is 0.0431 e. The van der Waals surface area contributed by atoms with Crippen molar-refractivity contribution in [2.75, 3.05) is 26.7 Å². The third-order valence-corrected chi connectivity index (χ3v) is 4.19. The second-order valence-electron chi connectivity index (χ2n) is 5.53. The molecule has 2 atom stereocenters. The molecule has 0 spiro atoms. The van der Waals surface area contributed by atoms with Crippen LogP contribution >= 0.6 is 0 Å². The van der Waals surface area contributed by atoms with Crippen molar-refractivity contribution in [3.05, 3.63) is 0 Å². The van der Waals surface area contributed by atoms with Gasteiger partial charge in [-0.05, 0) is 69.9 Å². The molecule has 0 amide bonds. The summed E-state index contributed by atoms with van der Waals surface area (Å²) in [5, 5.41) is 8.96. The second kappa shape index (κ2) is 5.31. The normalized spacial score (nSPS) is 30.4. The van der Waals surface area contributed by atoms with E-state index in [9.17, 15) is 0 Å². The molecule has 2 aliphatic rings. The quantitative estimate of drug-likeness (QED) is 0.753. The van der Waals surface area contributed by atoms with Crippen LogP contribution in [0.15, 0.2) is 0 Å². The lowest BCUT2D eigenvalue weighted by Crippen LogP contribution is -2.36. The van der Waals surface area contributed by atoms with Crippen LogP contribution in [0.25, 0.3) is 0 Å². The number of aliphatic hydroxyl groups is 1. The van der Waals surface area contributed by atoms with Gasteiger partial charge in [-0.1, -0.05) is 0 Å². The molecular weight excluding hydrogens is 186 g/mol. The Hall–Kier alpha value is -0.0800. The molecule has 0 aromatic carbocycles. The Labute approximate surface area is 93.7 Å². The van der Waals surface area contributed by atoms with E-state index in [2.05, 4.69) is 11.9 Å². The fourth-order valence-corrected chi connectivity index (χ4v) is 3.26. The predicted molar refractivity (Wildman–Crippen MR) is 62.8 cm³/mol. The molecule has 1 N–H and O–H groups in total. The zero-order valence-electron chi connectivity index (χ0n) is 9.99. The first-order chi connectivity index (χ1) is 7.31. The summed E-state index contributed by atoms with van der Waals surface area (Å²) in [7, 11) is 2.25. The van der Waals surface area contributed by atoms with E-state index in [1.165, 1.54) is 45.2 Å². The van der Waals surface area contributed by atoms with Crippen LogP contribution in [0.1, 0.15) is 38.5 Å². The number of hydrogen-bond donors (Lipinski definition) is 1. The monoisotopic (exact) mass is 211 g/mol. The van der Waals surface area contributed by atoms with Crippen molar-refractivity contribution in [2.24, 2.45) is 17.8 Å². The minimum absolute atomic E-state index is 0.381. The molecule has 0 aromatic rings. The lowest BCUT2D eigenvalue weighted by molar-refractivity contribution is 0.134. The van der Waals surface area contributed by atoms with Crippen LogP contribution in [0.4, 0.5) is 0 Å². The summed E-state index contributed by atoms with van der Waals surface area (Å²) in [5.74, 6) is 2.84. The molecular formula is C13H25NO. The average molecular weight is 211 g/mol. The Morgan fingerprint density at radius 3 is 2.67 bits per heavy atom. The maximum Gasteiger partial charge on any atom is 0.0431 e. The van der Waals surface area contributed by atoms with E-state index in [4.69, 9.17) is 5.11 Å². The van der Waals surface area contributed by atoms with Gasteiger partial charge in [-0.3, -0.25) is 0 Å². The van der Waals surface area contributed by atoms with Gasteiger partial charge in [-0.15, -0.1) is 0 Å². The van der Waals surface area contributed by atoms with Crippen molar-refractivity contribution in [3.8, 4) is 0 Å². The number of piperidine rings is 1. The third kappa shape index (κ3) is 3.18. The van der Waals surface area contributed by atoms with E-state index in [0.29, 0.717) is 6.61 Å². The third-order valence-electron chi connectivity index (χ3n) is 4.19. The summed E-state index contributed by atoms with van der Waals surface area (Å²) in [6.45, 7) is 2.96. The lowest BCUT2D eigenvalue weighted by Gasteiger charge is -2.35. The van der Waals surface area contributed by atoms with Gasteiger partial charge < -0.3 is 10.0 Å². The highest BCUT2D eigenvalue weighted by Gasteiger charge is 2.36. The molecule has 88 valence electrons. The van der Waals surface area contributed by atoms with Gasteiger partial charge in [0, 0.05) is 13.2 Å². The van der Waals surface area contributed by atoms with Crippen LogP contribution in [-0.4, -0.2) is 36.8 Å². The molecule has 0 radical (unpaired) electrons. The highest BCUT2D eigenvalue weighted by atomic mass is 16.2. The number of rotatable bonds is 5. The maximum atomic E-state index is 8.96. The zero-order chi connectivity index (χ0) is 10.7. The maximum absolute atomic E-state index is 8.96. The molecule has 2 fully saturated rings. The molecule has 0 bridgehead atoms. The molecule has 2 heteroatoms. The number of hydrogen-bond acceptors (Lipinski definition) is 2. The van der Waals surface area contributed by atoms with Crippen LogP contribution < -0.4 is 0 Å². The van der Waals surface area contributed by atoms with Gasteiger partial charge in [-0.2, -0.15) is 0 Å². The minimum atomic E-state index is 0.381. The molecule has 15 heavy (non-hydrogen) atoms. The lowest BCUT2D eigenvalue weighted by atomic mass is 9.80. The topological polar surface area (TPSA) is 23.5 Å². The molecule has 1 saturated carbocycles. The fraction of sp³-hybridized carbons (Fsp3) is 1.00. The summed E-state index contributed by atoms with van der Waals surface area (Å²) in [4.78, 5) is 2.49. The van der Waals surface area contributed by atoms with Crippen molar-refractivity contribution in [1.82, 2.24) is 4.90 Å². The van der Waals surface area contributed by atoms with Gasteiger partial charge in [0.15, 0.2) is 0 Å². The standard InChI is InChI=1S/C13H25NO/c1-14-8-2-4-12(10-14)13(5-3-9-15)11-6-7-11/h11-13,15H,2-10H2,1H3. The van der Waals surface area contributed by atoms with Gasteiger partial charge in [0.2, 0.25) is 0 Å². The molecule has 2 nitrogen and oxygen atoms in total. The summed E-state index contributed by atoms with van der Waals surface area (Å²) >= 11 is 0. The zero-order valence-corrected chi connectivity index (χ0v) is 9.99. The van der Waals surface area contributed by atoms with Crippen molar-refractivity contribution in [2.45, 2.75) is 38.5 Å². The van der Waals surface area contributed by atoms with E-state index < -0.39 is 0 Å². The van der Waals surface area contributed by atoms with E-state index in [1.807, 2.05) is 0 Å². The number of aliphatic hydroxyl groups excluding tert-OH is 1. The predicted octanol–water partition coefficient (Wildman–Crippen LogP) is 2.13. The van der Waals surface area contributed by atoms with E-state index >= 15 is 0 Å². The highest BCUT2D eigenvalue weighted by Crippen LogP contribution is 2.44. The Bertz CT molecular complexity index is 191. The highest BCUT2D eigenvalue weighted by molar-refractivity contribution is 4.88. The summed E-state index contributed by atoms with van der Waals surface area (Å²) in [5.41, 5.74) is 0. The molecule has 2 unspecified atom stereocenters. The van der Waals surface area contributed by atoms with E-state index in [0.717, 1.165) is 24.2 Å². The second-order valence-corrected chi connectivity index (χ2v) is 5.53.